The van der Waals surface area contributed by atoms with Crippen LogP contribution in [0, 0.1) is 6.07 Å². The zero-order chi connectivity index (χ0) is 12.2. The van der Waals surface area contributed by atoms with Crippen LogP contribution in [0.25, 0.3) is 0 Å². The highest BCUT2D eigenvalue weighted by Crippen LogP contribution is 2.19. The van der Waals surface area contributed by atoms with E-state index in [1.807, 2.05) is 0 Å². The number of unbranched alkanes of at least 4 members (excludes halogenated alkanes) is 1. The molecule has 0 aliphatic heterocycles. The van der Waals surface area contributed by atoms with Gasteiger partial charge in [0.05, 0.1) is 0 Å². The Hall–Kier alpha value is -1.46. The van der Waals surface area contributed by atoms with Crippen molar-refractivity contribution in [2.75, 3.05) is 0 Å². The summed E-state index contributed by atoms with van der Waals surface area (Å²) < 4.78 is 26.4. The topological polar surface area (TPSA) is 60.9 Å². The van der Waals surface area contributed by atoms with Crippen LogP contribution in [-0.4, -0.2) is 21.6 Å². The van der Waals surface area contributed by atoms with Crippen LogP contribution in [0.15, 0.2) is 6.20 Å². The molecule has 0 aromatic carbocycles. The summed E-state index contributed by atoms with van der Waals surface area (Å²) in [5.74, 6) is -3.26. The van der Waals surface area contributed by atoms with E-state index in [0.717, 1.165) is 6.92 Å². The van der Waals surface area contributed by atoms with Crippen LogP contribution in [-0.2, 0) is 6.54 Å². The minimum absolute atomic E-state index is 0.0702. The summed E-state index contributed by atoms with van der Waals surface area (Å²) >= 11 is 0. The number of aryl methyl sites for hydroxylation is 1. The van der Waals surface area contributed by atoms with E-state index in [1.54, 1.807) is 0 Å². The highest BCUT2D eigenvalue weighted by Gasteiger charge is 2.19. The molecule has 1 aromatic rings. The fraction of sp³-hybridized carbons (Fsp3) is 0.600. The van der Waals surface area contributed by atoms with Gasteiger partial charge in [-0.15, -0.1) is 0 Å². The lowest BCUT2D eigenvalue weighted by Gasteiger charge is -2.09. The molecular formula is C10H14F2N3O. The number of halogens is 2. The third-order valence-electron chi connectivity index (χ3n) is 2.07. The molecular weight excluding hydrogens is 216 g/mol. The summed E-state index contributed by atoms with van der Waals surface area (Å²) in [6, 6.07) is 2.59. The van der Waals surface area contributed by atoms with Crippen LogP contribution in [0.5, 0.6) is 0 Å². The molecule has 0 unspecified atom stereocenters. The van der Waals surface area contributed by atoms with E-state index >= 15 is 0 Å². The fourth-order valence-corrected chi connectivity index (χ4v) is 1.27. The lowest BCUT2D eigenvalue weighted by Crippen LogP contribution is -2.13. The number of carbonyl (C=O) groups is 1. The minimum Gasteiger partial charge on any atom is -0.364 e. The molecule has 0 saturated heterocycles. The maximum atomic E-state index is 12.5. The average molecular weight is 230 g/mol. The van der Waals surface area contributed by atoms with Crippen LogP contribution in [0.4, 0.5) is 8.78 Å². The van der Waals surface area contributed by atoms with E-state index in [1.165, 1.54) is 10.9 Å². The predicted molar refractivity (Wildman–Crippen MR) is 54.1 cm³/mol. The Bertz CT molecular complexity index is 357. The van der Waals surface area contributed by atoms with Crippen molar-refractivity contribution >= 4 is 5.91 Å². The van der Waals surface area contributed by atoms with E-state index in [9.17, 15) is 13.6 Å². The molecule has 1 rings (SSSR count). The number of nitrogens with zero attached hydrogens (tertiary/aromatic N) is 2. The Morgan fingerprint density at radius 1 is 1.62 bits per heavy atom. The Morgan fingerprint density at radius 2 is 2.31 bits per heavy atom. The van der Waals surface area contributed by atoms with Crippen LogP contribution >= 0.6 is 0 Å². The first kappa shape index (κ1) is 12.6. The molecule has 4 nitrogen and oxygen atoms in total. The van der Waals surface area contributed by atoms with Gasteiger partial charge in [-0.05, 0) is 19.8 Å². The second-order valence-electron chi connectivity index (χ2n) is 3.78. The quantitative estimate of drug-likeness (QED) is 0.754. The lowest BCUT2D eigenvalue weighted by molar-refractivity contribution is 0.0102. The van der Waals surface area contributed by atoms with Gasteiger partial charge in [0, 0.05) is 25.2 Å². The van der Waals surface area contributed by atoms with Crippen molar-refractivity contribution in [1.29, 1.82) is 0 Å². The van der Waals surface area contributed by atoms with Crippen LogP contribution in [0.3, 0.4) is 0 Å². The molecule has 89 valence electrons. The third kappa shape index (κ3) is 4.37. The van der Waals surface area contributed by atoms with E-state index in [4.69, 9.17) is 5.73 Å². The second-order valence-corrected chi connectivity index (χ2v) is 3.78. The number of nitrogens with two attached hydrogens (primary N) is 1. The molecule has 2 N–H and O–H groups in total. The highest BCUT2D eigenvalue weighted by atomic mass is 19.3. The smallest absolute Gasteiger partial charge is 0.269 e. The van der Waals surface area contributed by atoms with Crippen molar-refractivity contribution in [2.24, 2.45) is 5.73 Å². The van der Waals surface area contributed by atoms with E-state index < -0.39 is 11.8 Å². The van der Waals surface area contributed by atoms with E-state index in [-0.39, 0.29) is 12.1 Å². The van der Waals surface area contributed by atoms with Gasteiger partial charge in [0.2, 0.25) is 5.92 Å². The number of carbonyl (C=O) groups excluding carboxylic acids is 1. The summed E-state index contributed by atoms with van der Waals surface area (Å²) in [6.45, 7) is 1.39. The molecule has 0 aliphatic rings. The SMILES string of the molecule is CC(F)(F)CCCCn1c[c]c(C(N)=O)n1. The molecule has 1 radical (unpaired) electrons. The monoisotopic (exact) mass is 230 g/mol. The standard InChI is InChI=1S/C10H14F2N3O/c1-10(11,12)5-2-3-6-15-7-4-8(14-15)9(13)16/h7H,2-3,5-6H2,1H3,(H2,13,16). The van der Waals surface area contributed by atoms with Gasteiger partial charge >= 0.3 is 0 Å². The van der Waals surface area contributed by atoms with Crippen molar-refractivity contribution in [1.82, 2.24) is 9.78 Å². The molecule has 0 bridgehead atoms. The normalized spacial score (nSPS) is 11.7. The predicted octanol–water partition coefficient (Wildman–Crippen LogP) is 1.61. The Morgan fingerprint density at radius 3 is 2.81 bits per heavy atom. The van der Waals surface area contributed by atoms with Gasteiger partial charge < -0.3 is 5.73 Å². The summed E-state index contributed by atoms with van der Waals surface area (Å²) in [6.07, 6.45) is 2.34. The third-order valence-corrected chi connectivity index (χ3v) is 2.07. The molecule has 0 aliphatic carbocycles. The molecule has 16 heavy (non-hydrogen) atoms. The first-order valence-corrected chi connectivity index (χ1v) is 5.01. The van der Waals surface area contributed by atoms with Crippen molar-refractivity contribution in [3.63, 3.8) is 0 Å². The van der Waals surface area contributed by atoms with E-state index in [0.29, 0.717) is 19.4 Å². The highest BCUT2D eigenvalue weighted by molar-refractivity contribution is 5.90. The molecule has 1 aromatic heterocycles. The number of alkyl halides is 2. The molecule has 1 amide bonds. The largest absolute Gasteiger partial charge is 0.364 e. The van der Waals surface area contributed by atoms with Crippen molar-refractivity contribution < 1.29 is 13.6 Å². The maximum absolute atomic E-state index is 12.5. The molecule has 0 spiro atoms. The van der Waals surface area contributed by atoms with Crippen LogP contribution in [0.2, 0.25) is 0 Å². The van der Waals surface area contributed by atoms with Crippen LogP contribution in [0.1, 0.15) is 36.7 Å². The molecule has 1 heterocycles. The van der Waals surface area contributed by atoms with Gasteiger partial charge in [-0.3, -0.25) is 9.48 Å². The fourth-order valence-electron chi connectivity index (χ4n) is 1.27. The molecule has 0 saturated carbocycles. The summed E-state index contributed by atoms with van der Waals surface area (Å²) in [7, 11) is 0. The number of primary amides is 1. The lowest BCUT2D eigenvalue weighted by atomic mass is 10.1. The summed E-state index contributed by atoms with van der Waals surface area (Å²) in [5, 5.41) is 3.84. The number of amides is 1. The zero-order valence-corrected chi connectivity index (χ0v) is 9.04. The second kappa shape index (κ2) is 5.05. The number of rotatable bonds is 6. The van der Waals surface area contributed by atoms with Crippen molar-refractivity contribution in [3.05, 3.63) is 18.0 Å². The average Bonchev–Trinajstić information content (AvgIpc) is 2.59. The summed E-state index contributed by atoms with van der Waals surface area (Å²) in [4.78, 5) is 10.7. The Kier molecular flexibility index (Phi) is 3.98. The van der Waals surface area contributed by atoms with Gasteiger partial charge in [-0.25, -0.2) is 8.78 Å². The van der Waals surface area contributed by atoms with Gasteiger partial charge in [0.25, 0.3) is 5.91 Å². The Balaban J connectivity index is 2.30. The Labute approximate surface area is 92.4 Å². The maximum Gasteiger partial charge on any atom is 0.269 e. The molecule has 0 fully saturated rings. The number of hydrogen-bond acceptors (Lipinski definition) is 2. The zero-order valence-electron chi connectivity index (χ0n) is 9.04. The van der Waals surface area contributed by atoms with Crippen LogP contribution < -0.4 is 5.73 Å². The number of aromatic nitrogens is 2. The van der Waals surface area contributed by atoms with Gasteiger partial charge in [0.15, 0.2) is 5.69 Å². The molecule has 0 atom stereocenters. The molecule has 6 heteroatoms. The minimum atomic E-state index is -2.62. The van der Waals surface area contributed by atoms with Crippen molar-refractivity contribution in [3.8, 4) is 0 Å². The summed E-state index contributed by atoms with van der Waals surface area (Å²) in [5.41, 5.74) is 5.06. The van der Waals surface area contributed by atoms with Gasteiger partial charge in [-0.2, -0.15) is 5.10 Å². The van der Waals surface area contributed by atoms with Gasteiger partial charge in [0.1, 0.15) is 0 Å². The first-order chi connectivity index (χ1) is 7.38. The van der Waals surface area contributed by atoms with Crippen molar-refractivity contribution in [2.45, 2.75) is 38.7 Å². The van der Waals surface area contributed by atoms with Gasteiger partial charge in [-0.1, -0.05) is 0 Å². The first-order valence-electron chi connectivity index (χ1n) is 5.01. The number of hydrogen-bond donors (Lipinski definition) is 1. The van der Waals surface area contributed by atoms with E-state index in [2.05, 4.69) is 11.2 Å².